The quantitative estimate of drug-likeness (QED) is 0.742. The summed E-state index contributed by atoms with van der Waals surface area (Å²) < 4.78 is 12.0. The van der Waals surface area contributed by atoms with Crippen LogP contribution in [0.1, 0.15) is 41.0 Å². The molecule has 3 nitrogen and oxygen atoms in total. The lowest BCUT2D eigenvalue weighted by Crippen LogP contribution is -2.51. The van der Waals surface area contributed by atoms with E-state index in [0.29, 0.717) is 0 Å². The highest BCUT2D eigenvalue weighted by atomic mass is 16.7. The standard InChI is InChI=1S/C13H27NO2/c1-10-8-13(4,5)16-11(15-10)12(2,3)9-14(6)7/h10-11H,8-9H2,1-7H3/t10-,11-/m1/s1. The van der Waals surface area contributed by atoms with Crippen molar-refractivity contribution < 1.29 is 9.47 Å². The van der Waals surface area contributed by atoms with E-state index in [9.17, 15) is 0 Å². The summed E-state index contributed by atoms with van der Waals surface area (Å²) in [4.78, 5) is 2.18. The third-order valence-electron chi connectivity index (χ3n) is 2.92. The van der Waals surface area contributed by atoms with Gasteiger partial charge in [0.05, 0.1) is 11.7 Å². The van der Waals surface area contributed by atoms with Crippen molar-refractivity contribution in [1.29, 1.82) is 0 Å². The Hall–Kier alpha value is -0.120. The lowest BCUT2D eigenvalue weighted by atomic mass is 9.89. The Morgan fingerprint density at radius 1 is 1.31 bits per heavy atom. The van der Waals surface area contributed by atoms with Crippen LogP contribution in [0.3, 0.4) is 0 Å². The largest absolute Gasteiger partial charge is 0.349 e. The van der Waals surface area contributed by atoms with Crippen LogP contribution in [0.2, 0.25) is 0 Å². The molecular weight excluding hydrogens is 202 g/mol. The molecule has 16 heavy (non-hydrogen) atoms. The van der Waals surface area contributed by atoms with E-state index in [0.717, 1.165) is 13.0 Å². The van der Waals surface area contributed by atoms with E-state index in [1.807, 2.05) is 0 Å². The van der Waals surface area contributed by atoms with Crippen LogP contribution in [0.5, 0.6) is 0 Å². The molecule has 0 amide bonds. The highest BCUT2D eigenvalue weighted by molar-refractivity contribution is 4.84. The summed E-state index contributed by atoms with van der Waals surface area (Å²) in [5.41, 5.74) is -0.0681. The fraction of sp³-hybridized carbons (Fsp3) is 1.00. The van der Waals surface area contributed by atoms with Crippen LogP contribution in [0, 0.1) is 5.41 Å². The van der Waals surface area contributed by atoms with Gasteiger partial charge in [0.2, 0.25) is 0 Å². The van der Waals surface area contributed by atoms with Crippen molar-refractivity contribution >= 4 is 0 Å². The Morgan fingerprint density at radius 2 is 1.88 bits per heavy atom. The van der Waals surface area contributed by atoms with E-state index < -0.39 is 0 Å². The second-order valence-electron chi connectivity index (χ2n) is 6.59. The zero-order valence-electron chi connectivity index (χ0n) is 11.8. The van der Waals surface area contributed by atoms with Crippen LogP contribution in [-0.2, 0) is 9.47 Å². The summed E-state index contributed by atoms with van der Waals surface area (Å²) in [5, 5.41) is 0. The van der Waals surface area contributed by atoms with Crippen LogP contribution in [-0.4, -0.2) is 43.5 Å². The van der Waals surface area contributed by atoms with Crippen LogP contribution in [0.4, 0.5) is 0 Å². The molecule has 1 aliphatic heterocycles. The van der Waals surface area contributed by atoms with Crippen molar-refractivity contribution in [3.63, 3.8) is 0 Å². The van der Waals surface area contributed by atoms with Gasteiger partial charge < -0.3 is 14.4 Å². The molecular formula is C13H27NO2. The fourth-order valence-electron chi connectivity index (χ4n) is 2.55. The molecule has 0 aromatic carbocycles. The van der Waals surface area contributed by atoms with E-state index in [1.165, 1.54) is 0 Å². The van der Waals surface area contributed by atoms with Crippen LogP contribution < -0.4 is 0 Å². The van der Waals surface area contributed by atoms with Gasteiger partial charge in [-0.05, 0) is 34.9 Å². The third kappa shape index (κ3) is 3.72. The van der Waals surface area contributed by atoms with Crippen LogP contribution in [0.25, 0.3) is 0 Å². The van der Waals surface area contributed by atoms with Gasteiger partial charge in [0.25, 0.3) is 0 Å². The first-order valence-corrected chi connectivity index (χ1v) is 6.10. The zero-order valence-corrected chi connectivity index (χ0v) is 11.8. The second-order valence-corrected chi connectivity index (χ2v) is 6.59. The number of hydrogen-bond donors (Lipinski definition) is 0. The van der Waals surface area contributed by atoms with Gasteiger partial charge in [0.15, 0.2) is 6.29 Å². The molecule has 0 unspecified atom stereocenters. The Labute approximate surface area is 100 Å². The Balaban J connectivity index is 2.71. The van der Waals surface area contributed by atoms with Gasteiger partial charge in [0.1, 0.15) is 0 Å². The van der Waals surface area contributed by atoms with Crippen molar-refractivity contribution in [2.75, 3.05) is 20.6 Å². The molecule has 1 fully saturated rings. The molecule has 0 spiro atoms. The minimum absolute atomic E-state index is 0.00937. The summed E-state index contributed by atoms with van der Waals surface area (Å²) >= 11 is 0. The Bertz CT molecular complexity index is 236. The SMILES string of the molecule is C[C@@H]1CC(C)(C)O[C@H](C(C)(C)CN(C)C)O1. The molecule has 0 radical (unpaired) electrons. The molecule has 0 saturated carbocycles. The number of rotatable bonds is 3. The number of nitrogens with zero attached hydrogens (tertiary/aromatic N) is 1. The summed E-state index contributed by atoms with van der Waals surface area (Å²) in [5.74, 6) is 0. The minimum Gasteiger partial charge on any atom is -0.349 e. The van der Waals surface area contributed by atoms with Crippen LogP contribution in [0.15, 0.2) is 0 Å². The summed E-state index contributed by atoms with van der Waals surface area (Å²) in [6.07, 6.45) is 1.12. The van der Waals surface area contributed by atoms with Gasteiger partial charge in [-0.25, -0.2) is 0 Å². The third-order valence-corrected chi connectivity index (χ3v) is 2.92. The van der Waals surface area contributed by atoms with Crippen molar-refractivity contribution in [1.82, 2.24) is 4.90 Å². The van der Waals surface area contributed by atoms with Gasteiger partial charge in [-0.1, -0.05) is 13.8 Å². The maximum absolute atomic E-state index is 6.06. The zero-order chi connectivity index (χ0) is 12.6. The summed E-state index contributed by atoms with van der Waals surface area (Å²) in [7, 11) is 4.16. The van der Waals surface area contributed by atoms with E-state index in [-0.39, 0.29) is 23.4 Å². The predicted molar refractivity (Wildman–Crippen MR) is 66.5 cm³/mol. The second kappa shape index (κ2) is 4.63. The molecule has 3 heteroatoms. The number of hydrogen-bond acceptors (Lipinski definition) is 3. The molecule has 1 rings (SSSR count). The first-order chi connectivity index (χ1) is 7.12. The topological polar surface area (TPSA) is 21.7 Å². The minimum atomic E-state index is -0.117. The maximum Gasteiger partial charge on any atom is 0.164 e. The monoisotopic (exact) mass is 229 g/mol. The van der Waals surface area contributed by atoms with E-state index in [1.54, 1.807) is 0 Å². The number of ether oxygens (including phenoxy) is 2. The Kier molecular flexibility index (Phi) is 4.04. The molecule has 0 N–H and O–H groups in total. The smallest absolute Gasteiger partial charge is 0.164 e. The average molecular weight is 229 g/mol. The maximum atomic E-state index is 6.06. The van der Waals surface area contributed by atoms with Crippen molar-refractivity contribution in [2.24, 2.45) is 5.41 Å². The first-order valence-electron chi connectivity index (χ1n) is 6.10. The highest BCUT2D eigenvalue weighted by Gasteiger charge is 2.41. The molecule has 2 atom stereocenters. The summed E-state index contributed by atoms with van der Waals surface area (Å²) in [6, 6.07) is 0. The molecule has 0 aromatic heterocycles. The molecule has 1 saturated heterocycles. The van der Waals surface area contributed by atoms with Gasteiger partial charge in [-0.3, -0.25) is 0 Å². The molecule has 0 aromatic rings. The first kappa shape index (κ1) is 13.9. The predicted octanol–water partition coefficient (Wildman–Crippen LogP) is 2.50. The van der Waals surface area contributed by atoms with Crippen molar-refractivity contribution in [3.05, 3.63) is 0 Å². The Morgan fingerprint density at radius 3 is 2.31 bits per heavy atom. The fourth-order valence-corrected chi connectivity index (χ4v) is 2.55. The molecule has 96 valence electrons. The van der Waals surface area contributed by atoms with Crippen molar-refractivity contribution in [3.8, 4) is 0 Å². The van der Waals surface area contributed by atoms with Gasteiger partial charge in [0, 0.05) is 18.4 Å². The van der Waals surface area contributed by atoms with Crippen molar-refractivity contribution in [2.45, 2.75) is 59.0 Å². The lowest BCUT2D eigenvalue weighted by molar-refractivity contribution is -0.305. The highest BCUT2D eigenvalue weighted by Crippen LogP contribution is 2.36. The van der Waals surface area contributed by atoms with Gasteiger partial charge in [-0.2, -0.15) is 0 Å². The summed E-state index contributed by atoms with van der Waals surface area (Å²) in [6.45, 7) is 11.8. The van der Waals surface area contributed by atoms with E-state index in [4.69, 9.17) is 9.47 Å². The molecule has 0 bridgehead atoms. The average Bonchev–Trinajstić information content (AvgIpc) is 1.96. The molecule has 1 heterocycles. The molecule has 1 aliphatic rings. The van der Waals surface area contributed by atoms with E-state index >= 15 is 0 Å². The molecule has 0 aliphatic carbocycles. The van der Waals surface area contributed by atoms with E-state index in [2.05, 4.69) is 53.6 Å². The normalized spacial score (nSPS) is 30.8. The van der Waals surface area contributed by atoms with Gasteiger partial charge in [-0.15, -0.1) is 0 Å². The van der Waals surface area contributed by atoms with Crippen LogP contribution >= 0.6 is 0 Å². The van der Waals surface area contributed by atoms with Gasteiger partial charge >= 0.3 is 0 Å². The lowest BCUT2D eigenvalue weighted by Gasteiger charge is -2.46.